The molecule has 3 heteroatoms. The Hall–Kier alpha value is -1.48. The summed E-state index contributed by atoms with van der Waals surface area (Å²) in [5.74, 6) is 0.280. The van der Waals surface area contributed by atoms with Crippen LogP contribution in [0, 0.1) is 0 Å². The van der Waals surface area contributed by atoms with E-state index in [0.29, 0.717) is 0 Å². The summed E-state index contributed by atoms with van der Waals surface area (Å²) in [6.45, 7) is 1.69. The number of nitrogens with zero attached hydrogens (tertiary/aromatic N) is 1. The number of carbonyl (C=O) groups is 1. The van der Waals surface area contributed by atoms with Gasteiger partial charge in [-0.1, -0.05) is 24.3 Å². The summed E-state index contributed by atoms with van der Waals surface area (Å²) in [4.78, 5) is 16.1. The average Bonchev–Trinajstić information content (AvgIpc) is 3.21. The van der Waals surface area contributed by atoms with Crippen LogP contribution >= 0.6 is 15.9 Å². The molecule has 1 aromatic heterocycles. The average molecular weight is 316 g/mol. The molecule has 1 heterocycles. The highest BCUT2D eigenvalue weighted by Crippen LogP contribution is 2.49. The third-order valence-corrected chi connectivity index (χ3v) is 4.35. The Morgan fingerprint density at radius 2 is 1.84 bits per heavy atom. The molecule has 0 atom stereocenters. The Kier molecular flexibility index (Phi) is 3.02. The zero-order valence-electron chi connectivity index (χ0n) is 10.7. The molecule has 0 amide bonds. The van der Waals surface area contributed by atoms with Gasteiger partial charge >= 0.3 is 0 Å². The fraction of sp³-hybridized carbons (Fsp3) is 0.250. The van der Waals surface area contributed by atoms with Gasteiger partial charge in [0.25, 0.3) is 0 Å². The second-order valence-electron chi connectivity index (χ2n) is 5.08. The van der Waals surface area contributed by atoms with E-state index in [1.807, 2.05) is 12.1 Å². The van der Waals surface area contributed by atoms with E-state index in [0.717, 1.165) is 34.1 Å². The van der Waals surface area contributed by atoms with E-state index in [9.17, 15) is 4.79 Å². The molecule has 2 nitrogen and oxygen atoms in total. The van der Waals surface area contributed by atoms with E-state index in [4.69, 9.17) is 0 Å². The van der Waals surface area contributed by atoms with Gasteiger partial charge in [0, 0.05) is 16.2 Å². The van der Waals surface area contributed by atoms with E-state index in [-0.39, 0.29) is 11.2 Å². The first-order chi connectivity index (χ1) is 9.12. The molecule has 96 valence electrons. The van der Waals surface area contributed by atoms with Gasteiger partial charge in [-0.3, -0.25) is 9.78 Å². The van der Waals surface area contributed by atoms with Gasteiger partial charge in [-0.25, -0.2) is 0 Å². The molecule has 1 aliphatic carbocycles. The van der Waals surface area contributed by atoms with Gasteiger partial charge in [0.05, 0.1) is 11.1 Å². The molecule has 1 saturated carbocycles. The molecule has 2 aromatic rings. The monoisotopic (exact) mass is 315 g/mol. The molecule has 1 aliphatic rings. The first-order valence-electron chi connectivity index (χ1n) is 6.35. The fourth-order valence-electron chi connectivity index (χ4n) is 2.48. The molecule has 0 aliphatic heterocycles. The van der Waals surface area contributed by atoms with Crippen molar-refractivity contribution in [1.29, 1.82) is 0 Å². The highest BCUT2D eigenvalue weighted by molar-refractivity contribution is 9.10. The number of carbonyl (C=O) groups excluding carboxylic acids is 1. The number of pyridine rings is 1. The van der Waals surface area contributed by atoms with Gasteiger partial charge in [-0.15, -0.1) is 0 Å². The summed E-state index contributed by atoms with van der Waals surface area (Å²) in [6.07, 6.45) is 3.76. The molecule has 0 spiro atoms. The highest BCUT2D eigenvalue weighted by Gasteiger charge is 2.48. The topological polar surface area (TPSA) is 30.0 Å². The Labute approximate surface area is 121 Å². The largest absolute Gasteiger partial charge is 0.299 e. The summed E-state index contributed by atoms with van der Waals surface area (Å²) < 4.78 is 0.974. The zero-order chi connectivity index (χ0) is 13.5. The molecule has 0 unspecified atom stereocenters. The predicted molar refractivity (Wildman–Crippen MR) is 79.0 cm³/mol. The normalized spacial score (nSPS) is 16.1. The van der Waals surface area contributed by atoms with Gasteiger partial charge in [0.2, 0.25) is 0 Å². The van der Waals surface area contributed by atoms with Crippen molar-refractivity contribution in [3.05, 3.63) is 52.6 Å². The summed E-state index contributed by atoms with van der Waals surface area (Å²) in [5, 5.41) is 0. The zero-order valence-corrected chi connectivity index (χ0v) is 12.3. The number of halogens is 1. The minimum absolute atomic E-state index is 0.189. The SMILES string of the molecule is CC(=O)C1(c2ccc(-c3ccc(Br)cn3)cc2)CC1. The van der Waals surface area contributed by atoms with Crippen molar-refractivity contribution in [2.45, 2.75) is 25.2 Å². The van der Waals surface area contributed by atoms with Crippen molar-refractivity contribution in [3.8, 4) is 11.3 Å². The fourth-order valence-corrected chi connectivity index (χ4v) is 2.71. The number of Topliss-reactive ketones (excluding diaryl/α,β-unsaturated/α-hetero) is 1. The van der Waals surface area contributed by atoms with Crippen LogP contribution in [0.4, 0.5) is 0 Å². The molecule has 1 fully saturated rings. The van der Waals surface area contributed by atoms with Crippen molar-refractivity contribution in [1.82, 2.24) is 4.98 Å². The highest BCUT2D eigenvalue weighted by atomic mass is 79.9. The van der Waals surface area contributed by atoms with Crippen LogP contribution < -0.4 is 0 Å². The van der Waals surface area contributed by atoms with Crippen LogP contribution in [-0.4, -0.2) is 10.8 Å². The quantitative estimate of drug-likeness (QED) is 0.852. The molecule has 0 radical (unpaired) electrons. The van der Waals surface area contributed by atoms with Gasteiger partial charge in [0.1, 0.15) is 5.78 Å². The van der Waals surface area contributed by atoms with E-state index in [2.05, 4.69) is 45.2 Å². The van der Waals surface area contributed by atoms with Crippen LogP contribution in [-0.2, 0) is 10.2 Å². The lowest BCUT2D eigenvalue weighted by molar-refractivity contribution is -0.119. The van der Waals surface area contributed by atoms with Gasteiger partial charge in [-0.05, 0) is 53.4 Å². The summed E-state index contributed by atoms with van der Waals surface area (Å²) in [7, 11) is 0. The maximum absolute atomic E-state index is 11.7. The van der Waals surface area contributed by atoms with Crippen molar-refractivity contribution < 1.29 is 4.79 Å². The van der Waals surface area contributed by atoms with Crippen LogP contribution in [0.2, 0.25) is 0 Å². The lowest BCUT2D eigenvalue weighted by Gasteiger charge is -2.12. The van der Waals surface area contributed by atoms with Crippen LogP contribution in [0.1, 0.15) is 25.3 Å². The molecule has 0 N–H and O–H groups in total. The number of ketones is 1. The van der Waals surface area contributed by atoms with Crippen molar-refractivity contribution in [3.63, 3.8) is 0 Å². The van der Waals surface area contributed by atoms with E-state index in [1.165, 1.54) is 0 Å². The number of hydrogen-bond acceptors (Lipinski definition) is 2. The van der Waals surface area contributed by atoms with Crippen LogP contribution in [0.5, 0.6) is 0 Å². The smallest absolute Gasteiger partial charge is 0.140 e. The summed E-state index contributed by atoms with van der Waals surface area (Å²) >= 11 is 3.38. The minimum Gasteiger partial charge on any atom is -0.299 e. The second kappa shape index (κ2) is 4.57. The second-order valence-corrected chi connectivity index (χ2v) is 5.99. The Balaban J connectivity index is 1.91. The molecule has 1 aromatic carbocycles. The number of hydrogen-bond donors (Lipinski definition) is 0. The van der Waals surface area contributed by atoms with E-state index >= 15 is 0 Å². The van der Waals surface area contributed by atoms with Gasteiger partial charge in [0.15, 0.2) is 0 Å². The number of aromatic nitrogens is 1. The number of rotatable bonds is 3. The Morgan fingerprint density at radius 1 is 1.16 bits per heavy atom. The Bertz CT molecular complexity index is 612. The van der Waals surface area contributed by atoms with Crippen LogP contribution in [0.15, 0.2) is 47.1 Å². The van der Waals surface area contributed by atoms with Crippen LogP contribution in [0.3, 0.4) is 0 Å². The Morgan fingerprint density at radius 3 is 2.32 bits per heavy atom. The molecule has 0 saturated heterocycles. The minimum atomic E-state index is -0.189. The van der Waals surface area contributed by atoms with Gasteiger partial charge in [-0.2, -0.15) is 0 Å². The van der Waals surface area contributed by atoms with Crippen molar-refractivity contribution in [2.24, 2.45) is 0 Å². The lowest BCUT2D eigenvalue weighted by Crippen LogP contribution is -2.16. The lowest BCUT2D eigenvalue weighted by atomic mass is 9.91. The van der Waals surface area contributed by atoms with Crippen LogP contribution in [0.25, 0.3) is 11.3 Å². The van der Waals surface area contributed by atoms with Gasteiger partial charge < -0.3 is 0 Å². The van der Waals surface area contributed by atoms with E-state index < -0.39 is 0 Å². The maximum Gasteiger partial charge on any atom is 0.140 e. The molecular formula is C16H14BrNO. The third kappa shape index (κ3) is 2.23. The first-order valence-corrected chi connectivity index (χ1v) is 7.15. The van der Waals surface area contributed by atoms with Crippen molar-refractivity contribution in [2.75, 3.05) is 0 Å². The van der Waals surface area contributed by atoms with Crippen molar-refractivity contribution >= 4 is 21.7 Å². The van der Waals surface area contributed by atoms with E-state index in [1.54, 1.807) is 13.1 Å². The summed E-state index contributed by atoms with van der Waals surface area (Å²) in [5.41, 5.74) is 2.98. The third-order valence-electron chi connectivity index (χ3n) is 3.88. The maximum atomic E-state index is 11.7. The molecule has 0 bridgehead atoms. The molecule has 19 heavy (non-hydrogen) atoms. The summed E-state index contributed by atoms with van der Waals surface area (Å²) in [6, 6.07) is 12.2. The molecule has 3 rings (SSSR count). The predicted octanol–water partition coefficient (Wildman–Crippen LogP) is 4.13. The molecular weight excluding hydrogens is 302 g/mol. The first kappa shape index (κ1) is 12.5. The number of benzene rings is 1. The standard InChI is InChI=1S/C16H14BrNO/c1-11(19)16(8-9-16)13-4-2-12(3-5-13)15-7-6-14(17)10-18-15/h2-7,10H,8-9H2,1H3.